The zero-order valence-corrected chi connectivity index (χ0v) is 17.8. The number of carbonyl (C=O) groups is 3. The first-order valence-corrected chi connectivity index (χ1v) is 10.8. The van der Waals surface area contributed by atoms with E-state index in [0.29, 0.717) is 25.9 Å². The monoisotopic (exact) mass is 420 g/mol. The third-order valence-electron chi connectivity index (χ3n) is 6.32. The summed E-state index contributed by atoms with van der Waals surface area (Å²) < 4.78 is 0. The van der Waals surface area contributed by atoms with E-state index in [0.717, 1.165) is 29.5 Å². The molecule has 1 saturated heterocycles. The Balaban J connectivity index is 1.46. The van der Waals surface area contributed by atoms with Crippen molar-refractivity contribution in [2.24, 2.45) is 0 Å². The van der Waals surface area contributed by atoms with E-state index in [4.69, 9.17) is 0 Å². The number of nitrogens with one attached hydrogen (secondary N) is 1. The Labute approximate surface area is 182 Å². The standard InChI is InChI=1S/C24H28N4O3/c1-18-7-2-3-9-20(18)17-27(16-19-8-6-13-25-15-19)21(29)10-14-28-22(30)24(26-23(28)31)11-4-5-12-24/h2-3,6-9,13,15H,4-5,10-12,14,16-17H2,1H3,(H,26,31). The van der Waals surface area contributed by atoms with Crippen molar-refractivity contribution in [3.63, 3.8) is 0 Å². The van der Waals surface area contributed by atoms with Gasteiger partial charge in [-0.05, 0) is 42.5 Å². The van der Waals surface area contributed by atoms with Gasteiger partial charge in [-0.15, -0.1) is 0 Å². The number of hydrogen-bond acceptors (Lipinski definition) is 4. The van der Waals surface area contributed by atoms with Crippen molar-refractivity contribution in [1.82, 2.24) is 20.1 Å². The molecule has 1 spiro atoms. The van der Waals surface area contributed by atoms with E-state index in [9.17, 15) is 14.4 Å². The first-order valence-electron chi connectivity index (χ1n) is 10.8. The van der Waals surface area contributed by atoms with Crippen LogP contribution in [0.1, 0.15) is 48.8 Å². The van der Waals surface area contributed by atoms with E-state index in [2.05, 4.69) is 10.3 Å². The van der Waals surface area contributed by atoms with Gasteiger partial charge in [-0.2, -0.15) is 0 Å². The molecule has 1 N–H and O–H groups in total. The summed E-state index contributed by atoms with van der Waals surface area (Å²) in [4.78, 5) is 45.6. The first-order chi connectivity index (χ1) is 15.0. The third kappa shape index (κ3) is 4.45. The molecule has 162 valence electrons. The van der Waals surface area contributed by atoms with Gasteiger partial charge in [0.15, 0.2) is 0 Å². The molecule has 7 heteroatoms. The van der Waals surface area contributed by atoms with Gasteiger partial charge in [0.25, 0.3) is 5.91 Å². The molecule has 0 radical (unpaired) electrons. The van der Waals surface area contributed by atoms with Gasteiger partial charge in [-0.1, -0.05) is 43.2 Å². The molecule has 31 heavy (non-hydrogen) atoms. The maximum absolute atomic E-state index is 13.2. The highest BCUT2D eigenvalue weighted by atomic mass is 16.2. The average Bonchev–Trinajstić information content (AvgIpc) is 3.33. The number of hydrogen-bond donors (Lipinski definition) is 1. The van der Waals surface area contributed by atoms with Crippen LogP contribution in [-0.4, -0.2) is 44.7 Å². The van der Waals surface area contributed by atoms with Crippen LogP contribution in [0.15, 0.2) is 48.8 Å². The molecule has 1 aliphatic carbocycles. The molecule has 7 nitrogen and oxygen atoms in total. The van der Waals surface area contributed by atoms with Crippen molar-refractivity contribution in [3.05, 3.63) is 65.5 Å². The van der Waals surface area contributed by atoms with E-state index in [1.54, 1.807) is 17.3 Å². The lowest BCUT2D eigenvalue weighted by Gasteiger charge is -2.25. The van der Waals surface area contributed by atoms with Crippen LogP contribution < -0.4 is 5.32 Å². The van der Waals surface area contributed by atoms with Crippen molar-refractivity contribution < 1.29 is 14.4 Å². The minimum Gasteiger partial charge on any atom is -0.334 e. The maximum atomic E-state index is 13.2. The van der Waals surface area contributed by atoms with Crippen molar-refractivity contribution in [1.29, 1.82) is 0 Å². The molecule has 2 aliphatic rings. The fraction of sp³-hybridized carbons (Fsp3) is 0.417. The summed E-state index contributed by atoms with van der Waals surface area (Å²) in [6.07, 6.45) is 6.79. The molecule has 4 rings (SSSR count). The molecular weight excluding hydrogens is 392 g/mol. The number of imide groups is 1. The fourth-order valence-corrected chi connectivity index (χ4v) is 4.50. The SMILES string of the molecule is Cc1ccccc1CN(Cc1cccnc1)C(=O)CCN1C(=O)NC2(CCCC2)C1=O. The highest BCUT2D eigenvalue weighted by Crippen LogP contribution is 2.35. The van der Waals surface area contributed by atoms with Crippen molar-refractivity contribution in [3.8, 4) is 0 Å². The highest BCUT2D eigenvalue weighted by Gasteiger charge is 2.52. The molecule has 1 aliphatic heterocycles. The second kappa shape index (κ2) is 8.88. The lowest BCUT2D eigenvalue weighted by atomic mass is 9.98. The maximum Gasteiger partial charge on any atom is 0.325 e. The first kappa shape index (κ1) is 21.0. The summed E-state index contributed by atoms with van der Waals surface area (Å²) >= 11 is 0. The van der Waals surface area contributed by atoms with Crippen LogP contribution >= 0.6 is 0 Å². The third-order valence-corrected chi connectivity index (χ3v) is 6.32. The molecular formula is C24H28N4O3. The molecule has 2 heterocycles. The van der Waals surface area contributed by atoms with Crippen LogP contribution in [0.3, 0.4) is 0 Å². The Bertz CT molecular complexity index is 970. The Morgan fingerprint density at radius 2 is 1.90 bits per heavy atom. The largest absolute Gasteiger partial charge is 0.334 e. The Morgan fingerprint density at radius 1 is 1.13 bits per heavy atom. The Morgan fingerprint density at radius 3 is 2.61 bits per heavy atom. The predicted molar refractivity (Wildman–Crippen MR) is 116 cm³/mol. The molecule has 0 unspecified atom stereocenters. The molecule has 0 bridgehead atoms. The van der Waals surface area contributed by atoms with E-state index >= 15 is 0 Å². The van der Waals surface area contributed by atoms with E-state index in [1.807, 2.05) is 43.3 Å². The van der Waals surface area contributed by atoms with Gasteiger partial charge in [-0.3, -0.25) is 19.5 Å². The molecule has 2 aromatic rings. The summed E-state index contributed by atoms with van der Waals surface area (Å²) in [5, 5.41) is 2.87. The van der Waals surface area contributed by atoms with E-state index in [1.165, 1.54) is 4.90 Å². The number of nitrogens with zero attached hydrogens (tertiary/aromatic N) is 3. The molecule has 1 saturated carbocycles. The molecule has 0 atom stereocenters. The molecule has 1 aromatic heterocycles. The smallest absolute Gasteiger partial charge is 0.325 e. The molecule has 2 fully saturated rings. The summed E-state index contributed by atoms with van der Waals surface area (Å²) in [6, 6.07) is 11.4. The van der Waals surface area contributed by atoms with Crippen molar-refractivity contribution in [2.75, 3.05) is 6.54 Å². The lowest BCUT2D eigenvalue weighted by Crippen LogP contribution is -2.44. The number of amides is 4. The minimum atomic E-state index is -0.739. The van der Waals surface area contributed by atoms with Crippen LogP contribution in [0.2, 0.25) is 0 Å². The summed E-state index contributed by atoms with van der Waals surface area (Å²) in [5.41, 5.74) is 2.38. The van der Waals surface area contributed by atoms with Crippen LogP contribution in [-0.2, 0) is 22.7 Å². The fourth-order valence-electron chi connectivity index (χ4n) is 4.50. The van der Waals surface area contributed by atoms with E-state index < -0.39 is 5.54 Å². The topological polar surface area (TPSA) is 82.6 Å². The van der Waals surface area contributed by atoms with Gasteiger partial charge >= 0.3 is 6.03 Å². The van der Waals surface area contributed by atoms with Crippen LogP contribution in [0.5, 0.6) is 0 Å². The van der Waals surface area contributed by atoms with Crippen LogP contribution in [0.25, 0.3) is 0 Å². The zero-order valence-electron chi connectivity index (χ0n) is 17.8. The minimum absolute atomic E-state index is 0.0971. The summed E-state index contributed by atoms with van der Waals surface area (Å²) in [5.74, 6) is -0.277. The van der Waals surface area contributed by atoms with Crippen LogP contribution in [0.4, 0.5) is 4.79 Å². The van der Waals surface area contributed by atoms with E-state index in [-0.39, 0.29) is 30.8 Å². The van der Waals surface area contributed by atoms with Gasteiger partial charge in [0.2, 0.25) is 5.91 Å². The van der Waals surface area contributed by atoms with Gasteiger partial charge < -0.3 is 10.2 Å². The second-order valence-corrected chi connectivity index (χ2v) is 8.46. The summed E-state index contributed by atoms with van der Waals surface area (Å²) in [6.45, 7) is 3.01. The number of rotatable bonds is 7. The second-order valence-electron chi connectivity index (χ2n) is 8.46. The molecule has 1 aromatic carbocycles. The number of pyridine rings is 1. The van der Waals surface area contributed by atoms with Gasteiger partial charge in [0.05, 0.1) is 0 Å². The Hall–Kier alpha value is -3.22. The normalized spacial score (nSPS) is 17.3. The number of carbonyl (C=O) groups excluding carboxylic acids is 3. The Kier molecular flexibility index (Phi) is 6.02. The zero-order chi connectivity index (χ0) is 21.8. The molecule has 4 amide bonds. The van der Waals surface area contributed by atoms with Gasteiger partial charge in [0, 0.05) is 38.4 Å². The highest BCUT2D eigenvalue weighted by molar-refractivity contribution is 6.07. The number of aromatic nitrogens is 1. The van der Waals surface area contributed by atoms with Crippen molar-refractivity contribution >= 4 is 17.8 Å². The van der Waals surface area contributed by atoms with Gasteiger partial charge in [0.1, 0.15) is 5.54 Å². The lowest BCUT2D eigenvalue weighted by molar-refractivity contribution is -0.134. The van der Waals surface area contributed by atoms with Gasteiger partial charge in [-0.25, -0.2) is 4.79 Å². The quantitative estimate of drug-likeness (QED) is 0.698. The number of benzene rings is 1. The number of aryl methyl sites for hydroxylation is 1. The van der Waals surface area contributed by atoms with Crippen molar-refractivity contribution in [2.45, 2.75) is 57.7 Å². The van der Waals surface area contributed by atoms with Crippen LogP contribution in [0, 0.1) is 6.92 Å². The summed E-state index contributed by atoms with van der Waals surface area (Å²) in [7, 11) is 0. The average molecular weight is 421 g/mol. The number of urea groups is 1. The predicted octanol–water partition coefficient (Wildman–Crippen LogP) is 3.17.